The van der Waals surface area contributed by atoms with Crippen LogP contribution >= 0.6 is 0 Å². The van der Waals surface area contributed by atoms with E-state index in [1.165, 1.54) is 6.20 Å². The molecule has 0 fully saturated rings. The van der Waals surface area contributed by atoms with Gasteiger partial charge in [-0.2, -0.15) is 5.10 Å². The molecule has 0 aliphatic carbocycles. The first-order valence-electron chi connectivity index (χ1n) is 7.82. The van der Waals surface area contributed by atoms with E-state index in [0.717, 1.165) is 5.56 Å². The fraction of sp³-hybridized carbons (Fsp3) is 0.111. The van der Waals surface area contributed by atoms with E-state index in [-0.39, 0.29) is 11.8 Å². The number of nitrogens with one attached hydrogen (secondary N) is 2. The first kappa shape index (κ1) is 15.1. The van der Waals surface area contributed by atoms with Gasteiger partial charge in [-0.1, -0.05) is 12.1 Å². The van der Waals surface area contributed by atoms with Crippen molar-refractivity contribution < 1.29 is 9.59 Å². The lowest BCUT2D eigenvalue weighted by Gasteiger charge is -2.07. The molecule has 2 aromatic heterocycles. The lowest BCUT2D eigenvalue weighted by molar-refractivity contribution is 0.0964. The molecule has 0 atom stereocenters. The van der Waals surface area contributed by atoms with E-state index in [4.69, 9.17) is 0 Å². The van der Waals surface area contributed by atoms with Gasteiger partial charge in [-0.25, -0.2) is 9.67 Å². The number of benzene rings is 1. The summed E-state index contributed by atoms with van der Waals surface area (Å²) in [7, 11) is 0. The van der Waals surface area contributed by atoms with E-state index in [1.54, 1.807) is 23.0 Å². The molecular weight excluding hydrogens is 318 g/mol. The Morgan fingerprint density at radius 3 is 2.96 bits per heavy atom. The first-order chi connectivity index (χ1) is 12.1. The van der Waals surface area contributed by atoms with E-state index >= 15 is 0 Å². The normalized spacial score (nSPS) is 12.6. The average Bonchev–Trinajstić information content (AvgIpc) is 3.19. The van der Waals surface area contributed by atoms with Crippen LogP contribution in [0.15, 0.2) is 48.8 Å². The number of anilines is 1. The summed E-state index contributed by atoms with van der Waals surface area (Å²) in [5, 5.41) is 9.83. The molecule has 3 aromatic rings. The largest absolute Gasteiger partial charge is 0.348 e. The summed E-state index contributed by atoms with van der Waals surface area (Å²) in [5.74, 6) is 0.247. The Bertz CT molecular complexity index is 978. The fourth-order valence-corrected chi connectivity index (χ4v) is 2.83. The van der Waals surface area contributed by atoms with Gasteiger partial charge in [-0.15, -0.1) is 0 Å². The van der Waals surface area contributed by atoms with E-state index in [9.17, 15) is 9.59 Å². The highest BCUT2D eigenvalue weighted by Crippen LogP contribution is 2.21. The van der Waals surface area contributed by atoms with Crippen molar-refractivity contribution >= 4 is 17.5 Å². The number of nitrogens with zero attached hydrogens (tertiary/aromatic N) is 3. The molecule has 0 saturated carbocycles. The van der Waals surface area contributed by atoms with Crippen molar-refractivity contribution in [2.45, 2.75) is 13.5 Å². The second-order valence-corrected chi connectivity index (χ2v) is 5.75. The van der Waals surface area contributed by atoms with Crippen LogP contribution in [0.5, 0.6) is 0 Å². The van der Waals surface area contributed by atoms with Crippen LogP contribution < -0.4 is 10.6 Å². The van der Waals surface area contributed by atoms with Gasteiger partial charge in [0.2, 0.25) is 0 Å². The molecule has 0 unspecified atom stereocenters. The van der Waals surface area contributed by atoms with Crippen LogP contribution in [0.3, 0.4) is 0 Å². The molecule has 0 saturated heterocycles. The highest BCUT2D eigenvalue weighted by Gasteiger charge is 2.20. The number of pyridine rings is 1. The summed E-state index contributed by atoms with van der Waals surface area (Å²) >= 11 is 0. The molecule has 7 heteroatoms. The topological polar surface area (TPSA) is 88.9 Å². The van der Waals surface area contributed by atoms with Crippen molar-refractivity contribution in [3.63, 3.8) is 0 Å². The van der Waals surface area contributed by atoms with Gasteiger partial charge in [0.1, 0.15) is 0 Å². The SMILES string of the molecule is Cc1c(C(=O)Nc2ccc3c(c2)C(=O)NC3)cnn1-c1ccccn1. The maximum absolute atomic E-state index is 12.6. The van der Waals surface area contributed by atoms with Gasteiger partial charge in [0.15, 0.2) is 5.82 Å². The van der Waals surface area contributed by atoms with Crippen molar-refractivity contribution in [1.82, 2.24) is 20.1 Å². The monoisotopic (exact) mass is 333 g/mol. The molecule has 4 rings (SSSR count). The molecule has 124 valence electrons. The van der Waals surface area contributed by atoms with Crippen LogP contribution in [0.4, 0.5) is 5.69 Å². The fourth-order valence-electron chi connectivity index (χ4n) is 2.83. The number of hydrogen-bond donors (Lipinski definition) is 2. The maximum Gasteiger partial charge on any atom is 0.259 e. The Morgan fingerprint density at radius 1 is 1.28 bits per heavy atom. The third-order valence-corrected chi connectivity index (χ3v) is 4.17. The Hall–Kier alpha value is -3.48. The standard InChI is InChI=1S/C18H15N5O2/c1-11-15(10-21-23(11)16-4-2-3-7-19-16)18(25)22-13-6-5-12-9-20-17(24)14(12)8-13/h2-8,10H,9H2,1H3,(H,20,24)(H,22,25). The molecular formula is C18H15N5O2. The quantitative estimate of drug-likeness (QED) is 0.768. The molecule has 7 nitrogen and oxygen atoms in total. The minimum Gasteiger partial charge on any atom is -0.348 e. The summed E-state index contributed by atoms with van der Waals surface area (Å²) in [6.07, 6.45) is 3.19. The number of carbonyl (C=O) groups is 2. The summed E-state index contributed by atoms with van der Waals surface area (Å²) in [6.45, 7) is 2.34. The third-order valence-electron chi connectivity index (χ3n) is 4.17. The molecule has 0 radical (unpaired) electrons. The van der Waals surface area contributed by atoms with Crippen molar-refractivity contribution in [3.05, 3.63) is 71.2 Å². The zero-order valence-corrected chi connectivity index (χ0v) is 13.5. The molecule has 2 N–H and O–H groups in total. The van der Waals surface area contributed by atoms with Crippen LogP contribution in [0, 0.1) is 6.92 Å². The van der Waals surface area contributed by atoms with E-state index < -0.39 is 0 Å². The Morgan fingerprint density at radius 2 is 2.16 bits per heavy atom. The molecule has 0 bridgehead atoms. The number of aromatic nitrogens is 3. The van der Waals surface area contributed by atoms with Gasteiger partial charge in [0.05, 0.1) is 17.5 Å². The maximum atomic E-state index is 12.6. The van der Waals surface area contributed by atoms with Gasteiger partial charge in [-0.3, -0.25) is 9.59 Å². The second-order valence-electron chi connectivity index (χ2n) is 5.75. The average molecular weight is 333 g/mol. The van der Waals surface area contributed by atoms with E-state index in [1.807, 2.05) is 31.2 Å². The predicted octanol–water partition coefficient (Wildman–Crippen LogP) is 2.07. The zero-order valence-electron chi connectivity index (χ0n) is 13.5. The number of amides is 2. The van der Waals surface area contributed by atoms with E-state index in [2.05, 4.69) is 20.7 Å². The van der Waals surface area contributed by atoms with Crippen molar-refractivity contribution in [3.8, 4) is 5.82 Å². The van der Waals surface area contributed by atoms with Gasteiger partial charge in [0, 0.05) is 24.0 Å². The van der Waals surface area contributed by atoms with Crippen LogP contribution in [0.2, 0.25) is 0 Å². The molecule has 2 amide bonds. The molecule has 1 aliphatic rings. The first-order valence-corrected chi connectivity index (χ1v) is 7.82. The Balaban J connectivity index is 1.59. The van der Waals surface area contributed by atoms with Gasteiger partial charge in [0.25, 0.3) is 11.8 Å². The van der Waals surface area contributed by atoms with Crippen molar-refractivity contribution in [1.29, 1.82) is 0 Å². The van der Waals surface area contributed by atoms with Gasteiger partial charge >= 0.3 is 0 Å². The van der Waals surface area contributed by atoms with Gasteiger partial charge in [-0.05, 0) is 36.8 Å². The smallest absolute Gasteiger partial charge is 0.259 e. The highest BCUT2D eigenvalue weighted by atomic mass is 16.2. The molecule has 1 aliphatic heterocycles. The highest BCUT2D eigenvalue weighted by molar-refractivity contribution is 6.06. The minimum absolute atomic E-state index is 0.120. The summed E-state index contributed by atoms with van der Waals surface area (Å²) in [4.78, 5) is 28.6. The van der Waals surface area contributed by atoms with Crippen LogP contribution in [-0.4, -0.2) is 26.6 Å². The lowest BCUT2D eigenvalue weighted by atomic mass is 10.1. The van der Waals surface area contributed by atoms with Gasteiger partial charge < -0.3 is 10.6 Å². The lowest BCUT2D eigenvalue weighted by Crippen LogP contribution is -2.14. The van der Waals surface area contributed by atoms with Crippen LogP contribution in [0.1, 0.15) is 32.0 Å². The number of fused-ring (bicyclic) bond motifs is 1. The summed E-state index contributed by atoms with van der Waals surface area (Å²) in [6, 6.07) is 10.8. The van der Waals surface area contributed by atoms with Crippen LogP contribution in [-0.2, 0) is 6.54 Å². The summed E-state index contributed by atoms with van der Waals surface area (Å²) in [5.41, 5.74) is 3.25. The Kier molecular flexibility index (Phi) is 3.53. The van der Waals surface area contributed by atoms with Crippen molar-refractivity contribution in [2.24, 2.45) is 0 Å². The number of rotatable bonds is 3. The molecule has 0 spiro atoms. The number of carbonyl (C=O) groups excluding carboxylic acids is 2. The molecule has 25 heavy (non-hydrogen) atoms. The minimum atomic E-state index is -0.280. The van der Waals surface area contributed by atoms with Crippen LogP contribution in [0.25, 0.3) is 5.82 Å². The summed E-state index contributed by atoms with van der Waals surface area (Å²) < 4.78 is 1.62. The zero-order chi connectivity index (χ0) is 17.4. The molecule has 1 aromatic carbocycles. The third kappa shape index (κ3) is 2.65. The second kappa shape index (κ2) is 5.86. The van der Waals surface area contributed by atoms with Crippen molar-refractivity contribution in [2.75, 3.05) is 5.32 Å². The molecule has 3 heterocycles. The number of hydrogen-bond acceptors (Lipinski definition) is 4. The Labute approximate surface area is 143 Å². The van der Waals surface area contributed by atoms with E-state index in [0.29, 0.717) is 34.9 Å². The predicted molar refractivity (Wildman–Crippen MR) is 91.7 cm³/mol.